The second-order valence-corrected chi connectivity index (χ2v) is 8.69. The van der Waals surface area contributed by atoms with E-state index >= 15 is 0 Å². The number of carbonyl (C=O) groups is 4. The molecule has 3 aliphatic rings. The van der Waals surface area contributed by atoms with E-state index < -0.39 is 49.7 Å². The van der Waals surface area contributed by atoms with Gasteiger partial charge in [-0.15, -0.1) is 5.06 Å². The number of fused-ring (bicyclic) bond motifs is 1. The Morgan fingerprint density at radius 2 is 1.68 bits per heavy atom. The molecule has 0 N–H and O–H groups in total. The Morgan fingerprint density at radius 3 is 2.18 bits per heavy atom. The maximum Gasteiger partial charge on any atom is 0.357 e. The zero-order chi connectivity index (χ0) is 16.4. The molecule has 0 unspecified atom stereocenters. The fourth-order valence-electron chi connectivity index (χ4n) is 3.01. The summed E-state index contributed by atoms with van der Waals surface area (Å²) in [6.07, 6.45) is -0.301. The Bertz CT molecular complexity index is 695. The quantitative estimate of drug-likeness (QED) is 0.457. The monoisotopic (exact) mass is 330 g/mol. The minimum absolute atomic E-state index is 0.0657. The summed E-state index contributed by atoms with van der Waals surface area (Å²) in [7, 11) is -3.74. The van der Waals surface area contributed by atoms with E-state index in [4.69, 9.17) is 4.84 Å². The van der Waals surface area contributed by atoms with E-state index in [-0.39, 0.29) is 19.3 Å². The third-order valence-corrected chi connectivity index (χ3v) is 7.19. The van der Waals surface area contributed by atoms with Gasteiger partial charge in [-0.1, -0.05) is 0 Å². The van der Waals surface area contributed by atoms with Gasteiger partial charge in [0, 0.05) is 12.8 Å². The molecule has 0 aromatic rings. The third-order valence-electron chi connectivity index (χ3n) is 4.39. The molecule has 0 aromatic heterocycles. The molecular weight excluding hydrogens is 316 g/mol. The van der Waals surface area contributed by atoms with E-state index in [2.05, 4.69) is 0 Å². The van der Waals surface area contributed by atoms with Crippen LogP contribution >= 0.6 is 0 Å². The molecule has 22 heavy (non-hydrogen) atoms. The maximum atomic E-state index is 12.4. The maximum absolute atomic E-state index is 12.4. The Labute approximate surface area is 126 Å². The van der Waals surface area contributed by atoms with Crippen LogP contribution < -0.4 is 0 Å². The molecule has 10 heteroatoms. The topological polar surface area (TPSA) is 118 Å². The van der Waals surface area contributed by atoms with Crippen LogP contribution in [0.25, 0.3) is 0 Å². The van der Waals surface area contributed by atoms with Crippen LogP contribution in [0.5, 0.6) is 0 Å². The van der Waals surface area contributed by atoms with Crippen LogP contribution in [0.2, 0.25) is 0 Å². The first kappa shape index (κ1) is 14.9. The van der Waals surface area contributed by atoms with Crippen LogP contribution in [0.4, 0.5) is 0 Å². The van der Waals surface area contributed by atoms with E-state index in [0.717, 1.165) is 4.90 Å². The molecule has 3 heterocycles. The van der Waals surface area contributed by atoms with Crippen LogP contribution in [0.15, 0.2) is 0 Å². The second-order valence-electron chi connectivity index (χ2n) is 6.00. The largest absolute Gasteiger partial charge is 0.357 e. The molecule has 3 rings (SSSR count). The van der Waals surface area contributed by atoms with Crippen LogP contribution in [0.1, 0.15) is 33.1 Å². The number of hydroxylamine groups is 2. The van der Waals surface area contributed by atoms with Crippen LogP contribution in [-0.4, -0.2) is 58.2 Å². The molecule has 9 nitrogen and oxygen atoms in total. The van der Waals surface area contributed by atoms with Crippen LogP contribution in [0.3, 0.4) is 0 Å². The molecule has 0 bridgehead atoms. The smallest absolute Gasteiger partial charge is 0.328 e. The summed E-state index contributed by atoms with van der Waals surface area (Å²) in [6.45, 7) is 2.65. The highest BCUT2D eigenvalue weighted by atomic mass is 32.2. The van der Waals surface area contributed by atoms with Crippen LogP contribution in [0, 0.1) is 0 Å². The van der Waals surface area contributed by atoms with E-state index in [1.807, 2.05) is 0 Å². The Balaban J connectivity index is 1.90. The summed E-state index contributed by atoms with van der Waals surface area (Å²) >= 11 is 0. The summed E-state index contributed by atoms with van der Waals surface area (Å²) in [5, 5.41) is -0.694. The summed E-state index contributed by atoms with van der Waals surface area (Å²) in [5.74, 6) is -2.89. The third kappa shape index (κ3) is 1.67. The van der Waals surface area contributed by atoms with Crippen molar-refractivity contribution in [2.24, 2.45) is 0 Å². The molecule has 0 radical (unpaired) electrons. The molecule has 3 amide bonds. The van der Waals surface area contributed by atoms with E-state index in [0.29, 0.717) is 5.06 Å². The summed E-state index contributed by atoms with van der Waals surface area (Å²) in [5.41, 5.74) is 0. The van der Waals surface area contributed by atoms with Crippen molar-refractivity contribution < 1.29 is 32.4 Å². The van der Waals surface area contributed by atoms with Gasteiger partial charge in [0.15, 0.2) is 15.9 Å². The van der Waals surface area contributed by atoms with Crippen molar-refractivity contribution in [3.05, 3.63) is 0 Å². The number of imide groups is 1. The lowest BCUT2D eigenvalue weighted by atomic mass is 9.98. The highest BCUT2D eigenvalue weighted by molar-refractivity contribution is 7.93. The predicted molar refractivity (Wildman–Crippen MR) is 69.2 cm³/mol. The second kappa shape index (κ2) is 4.28. The number of carbonyl (C=O) groups excluding carboxylic acids is 4. The first-order valence-corrected chi connectivity index (χ1v) is 8.26. The molecule has 3 saturated heterocycles. The Kier molecular flexibility index (Phi) is 2.91. The standard InChI is InChI=1S/C12H14N2O7S/c1-12(2)10(13-8(17)5-9(13)22(12,19)20)11(18)21-14-6(15)3-4-7(14)16/h9-10H,3-5H2,1-2H3/t9-,10+/m1/s1. The van der Waals surface area contributed by atoms with Crippen molar-refractivity contribution in [2.45, 2.75) is 49.3 Å². The van der Waals surface area contributed by atoms with Crippen molar-refractivity contribution in [3.8, 4) is 0 Å². The molecule has 0 aromatic carbocycles. The van der Waals surface area contributed by atoms with Crippen molar-refractivity contribution in [1.29, 1.82) is 0 Å². The number of amides is 3. The lowest BCUT2D eigenvalue weighted by Gasteiger charge is -2.36. The van der Waals surface area contributed by atoms with E-state index in [1.54, 1.807) is 0 Å². The van der Waals surface area contributed by atoms with Crippen molar-refractivity contribution in [3.63, 3.8) is 0 Å². The van der Waals surface area contributed by atoms with Gasteiger partial charge in [0.1, 0.15) is 10.1 Å². The van der Waals surface area contributed by atoms with E-state index in [1.165, 1.54) is 13.8 Å². The first-order valence-electron chi connectivity index (χ1n) is 6.71. The van der Waals surface area contributed by atoms with Gasteiger partial charge in [-0.2, -0.15) is 0 Å². The predicted octanol–water partition coefficient (Wildman–Crippen LogP) is -1.27. The number of hydrogen-bond acceptors (Lipinski definition) is 7. The lowest BCUT2D eigenvalue weighted by Crippen LogP contribution is -2.58. The lowest BCUT2D eigenvalue weighted by molar-refractivity contribution is -0.203. The molecule has 3 aliphatic heterocycles. The molecule has 3 fully saturated rings. The first-order chi connectivity index (χ1) is 10.1. The zero-order valence-electron chi connectivity index (χ0n) is 11.9. The Morgan fingerprint density at radius 1 is 1.14 bits per heavy atom. The molecule has 0 saturated carbocycles. The number of sulfone groups is 1. The average molecular weight is 330 g/mol. The zero-order valence-corrected chi connectivity index (χ0v) is 12.8. The molecule has 120 valence electrons. The van der Waals surface area contributed by atoms with Gasteiger partial charge in [0.25, 0.3) is 11.8 Å². The van der Waals surface area contributed by atoms with Gasteiger partial charge in [0.2, 0.25) is 5.91 Å². The highest BCUT2D eigenvalue weighted by Crippen LogP contribution is 2.46. The minimum Gasteiger partial charge on any atom is -0.328 e. The summed E-state index contributed by atoms with van der Waals surface area (Å²) in [4.78, 5) is 52.7. The summed E-state index contributed by atoms with van der Waals surface area (Å²) < 4.78 is 23.2. The van der Waals surface area contributed by atoms with Crippen molar-refractivity contribution >= 4 is 33.5 Å². The summed E-state index contributed by atoms with van der Waals surface area (Å²) in [6, 6.07) is -1.37. The van der Waals surface area contributed by atoms with Gasteiger partial charge >= 0.3 is 5.97 Å². The number of rotatable bonds is 2. The Hall–Kier alpha value is -1.97. The van der Waals surface area contributed by atoms with Gasteiger partial charge < -0.3 is 9.74 Å². The van der Waals surface area contributed by atoms with Crippen molar-refractivity contribution in [1.82, 2.24) is 9.96 Å². The average Bonchev–Trinajstić information content (AvgIpc) is 2.77. The normalized spacial score (nSPS) is 32.0. The number of hydrogen-bond donors (Lipinski definition) is 0. The van der Waals surface area contributed by atoms with E-state index in [9.17, 15) is 27.6 Å². The van der Waals surface area contributed by atoms with Crippen molar-refractivity contribution in [2.75, 3.05) is 0 Å². The fraction of sp³-hybridized carbons (Fsp3) is 0.667. The molecular formula is C12H14N2O7S. The van der Waals surface area contributed by atoms with Crippen LogP contribution in [-0.2, 0) is 33.9 Å². The highest BCUT2D eigenvalue weighted by Gasteiger charge is 2.68. The molecule has 0 spiro atoms. The van der Waals surface area contributed by atoms with Gasteiger partial charge in [-0.25, -0.2) is 13.2 Å². The van der Waals surface area contributed by atoms with Gasteiger partial charge in [-0.05, 0) is 13.8 Å². The minimum atomic E-state index is -3.74. The number of nitrogens with zero attached hydrogens (tertiary/aromatic N) is 2. The molecule has 2 atom stereocenters. The SMILES string of the molecule is CC1(C)[C@H](C(=O)ON2C(=O)CCC2=O)N2C(=O)C[C@H]2S1(=O)=O. The van der Waals surface area contributed by atoms with Gasteiger partial charge in [0.05, 0.1) is 6.42 Å². The van der Waals surface area contributed by atoms with Gasteiger partial charge in [-0.3, -0.25) is 14.4 Å². The number of β-lactam (4-membered cyclic amide) rings is 1. The molecule has 0 aliphatic carbocycles. The fourth-order valence-corrected chi connectivity index (χ4v) is 5.13.